The fourth-order valence-corrected chi connectivity index (χ4v) is 3.92. The zero-order chi connectivity index (χ0) is 15.2. The van der Waals surface area contributed by atoms with Gasteiger partial charge < -0.3 is 10.2 Å². The molecule has 21 heavy (non-hydrogen) atoms. The average molecular weight is 307 g/mol. The highest BCUT2D eigenvalue weighted by molar-refractivity contribution is 7.99. The van der Waals surface area contributed by atoms with Crippen molar-refractivity contribution in [3.05, 3.63) is 30.1 Å². The van der Waals surface area contributed by atoms with Gasteiger partial charge in [-0.05, 0) is 49.6 Å². The molecule has 116 valence electrons. The molecular formula is C16H25N3OS. The van der Waals surface area contributed by atoms with Crippen molar-refractivity contribution in [3.8, 4) is 0 Å². The van der Waals surface area contributed by atoms with Crippen LogP contribution < -0.4 is 5.32 Å². The second-order valence-electron chi connectivity index (χ2n) is 5.60. The number of carbonyl (C=O) groups excluding carboxylic acids is 1. The largest absolute Gasteiger partial charge is 0.335 e. The Balaban J connectivity index is 1.86. The Kier molecular flexibility index (Phi) is 5.91. The van der Waals surface area contributed by atoms with Gasteiger partial charge >= 0.3 is 6.03 Å². The first kappa shape index (κ1) is 16.1. The molecule has 1 saturated carbocycles. The van der Waals surface area contributed by atoms with Gasteiger partial charge in [0.05, 0.1) is 6.04 Å². The summed E-state index contributed by atoms with van der Waals surface area (Å²) < 4.78 is 0. The fourth-order valence-electron chi connectivity index (χ4n) is 2.78. The number of urea groups is 1. The minimum absolute atomic E-state index is 0.0199. The number of nitrogens with one attached hydrogen (secondary N) is 1. The average Bonchev–Trinajstić information content (AvgIpc) is 2.94. The van der Waals surface area contributed by atoms with Gasteiger partial charge in [-0.1, -0.05) is 6.92 Å². The van der Waals surface area contributed by atoms with Gasteiger partial charge in [-0.3, -0.25) is 4.98 Å². The molecule has 3 unspecified atom stereocenters. The van der Waals surface area contributed by atoms with Crippen LogP contribution in [0, 0.1) is 0 Å². The van der Waals surface area contributed by atoms with Crippen LogP contribution in [0.2, 0.25) is 0 Å². The van der Waals surface area contributed by atoms with Crippen molar-refractivity contribution < 1.29 is 4.79 Å². The molecule has 1 fully saturated rings. The summed E-state index contributed by atoms with van der Waals surface area (Å²) in [6.45, 7) is 4.24. The van der Waals surface area contributed by atoms with Gasteiger partial charge in [0.25, 0.3) is 0 Å². The van der Waals surface area contributed by atoms with Crippen molar-refractivity contribution in [2.75, 3.05) is 12.8 Å². The van der Waals surface area contributed by atoms with Crippen molar-refractivity contribution in [1.29, 1.82) is 0 Å². The first-order valence-corrected chi connectivity index (χ1v) is 8.71. The third kappa shape index (κ3) is 4.37. The maximum atomic E-state index is 12.4. The minimum Gasteiger partial charge on any atom is -0.335 e. The normalized spacial score (nSPS) is 22.8. The number of thioether (sulfide) groups is 1. The zero-order valence-electron chi connectivity index (χ0n) is 13.1. The lowest BCUT2D eigenvalue weighted by atomic mass is 10.1. The molecule has 1 aliphatic rings. The molecule has 0 aliphatic heterocycles. The van der Waals surface area contributed by atoms with E-state index in [1.54, 1.807) is 17.3 Å². The number of nitrogens with zero attached hydrogens (tertiary/aromatic N) is 2. The quantitative estimate of drug-likeness (QED) is 0.906. The van der Waals surface area contributed by atoms with Gasteiger partial charge in [-0.25, -0.2) is 4.79 Å². The number of pyridine rings is 1. The monoisotopic (exact) mass is 307 g/mol. The van der Waals surface area contributed by atoms with Gasteiger partial charge in [0, 0.05) is 30.7 Å². The van der Waals surface area contributed by atoms with Crippen LogP contribution in [0.3, 0.4) is 0 Å². The predicted octanol–water partition coefficient (Wildman–Crippen LogP) is 3.46. The smallest absolute Gasteiger partial charge is 0.317 e. The van der Waals surface area contributed by atoms with Crippen molar-refractivity contribution in [1.82, 2.24) is 15.2 Å². The molecule has 0 bridgehead atoms. The Hall–Kier alpha value is -1.23. The van der Waals surface area contributed by atoms with E-state index in [9.17, 15) is 4.79 Å². The van der Waals surface area contributed by atoms with E-state index < -0.39 is 0 Å². The van der Waals surface area contributed by atoms with Crippen LogP contribution >= 0.6 is 11.8 Å². The van der Waals surface area contributed by atoms with Gasteiger partial charge in [0.2, 0.25) is 0 Å². The second-order valence-corrected chi connectivity index (χ2v) is 7.18. The molecule has 2 rings (SSSR count). The molecule has 1 heterocycles. The number of carbonyl (C=O) groups is 1. The SMILES string of the molecule is CCSC1CCC(NC(=O)N(C)C(C)c2ccncc2)C1. The Labute approximate surface area is 131 Å². The van der Waals surface area contributed by atoms with Crippen LogP contribution in [0.1, 0.15) is 44.7 Å². The lowest BCUT2D eigenvalue weighted by molar-refractivity contribution is 0.190. The molecule has 1 aromatic rings. The summed E-state index contributed by atoms with van der Waals surface area (Å²) in [4.78, 5) is 18.2. The Morgan fingerprint density at radius 3 is 2.86 bits per heavy atom. The van der Waals surface area contributed by atoms with Gasteiger partial charge in [0.15, 0.2) is 0 Å². The summed E-state index contributed by atoms with van der Waals surface area (Å²) in [6, 6.07) is 4.31. The number of hydrogen-bond donors (Lipinski definition) is 1. The highest BCUT2D eigenvalue weighted by Crippen LogP contribution is 2.30. The number of hydrogen-bond acceptors (Lipinski definition) is 3. The Morgan fingerprint density at radius 2 is 2.19 bits per heavy atom. The summed E-state index contributed by atoms with van der Waals surface area (Å²) >= 11 is 2.01. The van der Waals surface area contributed by atoms with E-state index in [1.807, 2.05) is 37.9 Å². The van der Waals surface area contributed by atoms with E-state index in [0.717, 1.165) is 24.2 Å². The molecular weight excluding hydrogens is 282 g/mol. The second kappa shape index (κ2) is 7.69. The summed E-state index contributed by atoms with van der Waals surface area (Å²) in [5, 5.41) is 3.89. The number of aromatic nitrogens is 1. The Bertz CT molecular complexity index is 454. The van der Waals surface area contributed by atoms with Crippen LogP contribution in [-0.2, 0) is 0 Å². The van der Waals surface area contributed by atoms with Crippen molar-refractivity contribution in [2.24, 2.45) is 0 Å². The highest BCUT2D eigenvalue weighted by Gasteiger charge is 2.27. The van der Waals surface area contributed by atoms with Crippen LogP contribution in [0.15, 0.2) is 24.5 Å². The number of rotatable bonds is 5. The molecule has 0 saturated heterocycles. The van der Waals surface area contributed by atoms with E-state index in [2.05, 4.69) is 17.2 Å². The molecule has 1 aliphatic carbocycles. The predicted molar refractivity (Wildman–Crippen MR) is 88.5 cm³/mol. The maximum absolute atomic E-state index is 12.4. The van der Waals surface area contributed by atoms with Gasteiger partial charge in [0.1, 0.15) is 0 Å². The van der Waals surface area contributed by atoms with Crippen LogP contribution in [0.25, 0.3) is 0 Å². The molecule has 4 nitrogen and oxygen atoms in total. The van der Waals surface area contributed by atoms with Crippen molar-refractivity contribution >= 4 is 17.8 Å². The zero-order valence-corrected chi connectivity index (χ0v) is 13.9. The topological polar surface area (TPSA) is 45.2 Å². The van der Waals surface area contributed by atoms with Crippen LogP contribution in [0.5, 0.6) is 0 Å². The first-order chi connectivity index (χ1) is 10.1. The minimum atomic E-state index is 0.0199. The van der Waals surface area contributed by atoms with Crippen LogP contribution in [0.4, 0.5) is 4.79 Å². The highest BCUT2D eigenvalue weighted by atomic mass is 32.2. The van der Waals surface area contributed by atoms with E-state index >= 15 is 0 Å². The fraction of sp³-hybridized carbons (Fsp3) is 0.625. The van der Waals surface area contributed by atoms with Gasteiger partial charge in [-0.2, -0.15) is 11.8 Å². The Morgan fingerprint density at radius 1 is 1.48 bits per heavy atom. The molecule has 0 aromatic carbocycles. The van der Waals surface area contributed by atoms with E-state index in [1.165, 1.54) is 6.42 Å². The number of amides is 2. The van der Waals surface area contributed by atoms with Crippen LogP contribution in [-0.4, -0.2) is 40.0 Å². The summed E-state index contributed by atoms with van der Waals surface area (Å²) in [6.07, 6.45) is 6.94. The summed E-state index contributed by atoms with van der Waals surface area (Å²) in [7, 11) is 1.85. The molecule has 5 heteroatoms. The van der Waals surface area contributed by atoms with E-state index in [0.29, 0.717) is 11.3 Å². The third-order valence-electron chi connectivity index (χ3n) is 4.20. The van der Waals surface area contributed by atoms with Gasteiger partial charge in [-0.15, -0.1) is 0 Å². The molecule has 1 N–H and O–H groups in total. The van der Waals surface area contributed by atoms with E-state index in [-0.39, 0.29) is 12.1 Å². The third-order valence-corrected chi connectivity index (χ3v) is 5.44. The first-order valence-electron chi connectivity index (χ1n) is 7.66. The molecule has 0 radical (unpaired) electrons. The molecule has 0 spiro atoms. The maximum Gasteiger partial charge on any atom is 0.317 e. The van der Waals surface area contributed by atoms with Crippen molar-refractivity contribution in [2.45, 2.75) is 50.4 Å². The standard InChI is InChI=1S/C16H25N3OS/c1-4-21-15-6-5-14(11-15)18-16(20)19(3)12(2)13-7-9-17-10-8-13/h7-10,12,14-15H,4-6,11H2,1-3H3,(H,18,20). The molecule has 3 atom stereocenters. The lowest BCUT2D eigenvalue weighted by Crippen LogP contribution is -2.43. The lowest BCUT2D eigenvalue weighted by Gasteiger charge is -2.27. The molecule has 2 amide bonds. The summed E-state index contributed by atoms with van der Waals surface area (Å²) in [5.74, 6) is 1.16. The van der Waals surface area contributed by atoms with E-state index in [4.69, 9.17) is 0 Å². The molecule has 1 aromatic heterocycles. The summed E-state index contributed by atoms with van der Waals surface area (Å²) in [5.41, 5.74) is 1.11. The van der Waals surface area contributed by atoms with Crippen molar-refractivity contribution in [3.63, 3.8) is 0 Å².